The zero-order valence-corrected chi connectivity index (χ0v) is 14.5. The summed E-state index contributed by atoms with van der Waals surface area (Å²) in [4.78, 5) is 35.0. The van der Waals surface area contributed by atoms with Gasteiger partial charge in [0.2, 0.25) is 5.91 Å². The number of rotatable bonds is 7. The Morgan fingerprint density at radius 3 is 2.65 bits per heavy atom. The van der Waals surface area contributed by atoms with Crippen molar-refractivity contribution in [1.82, 2.24) is 15.1 Å². The van der Waals surface area contributed by atoms with Crippen molar-refractivity contribution in [1.29, 1.82) is 0 Å². The summed E-state index contributed by atoms with van der Waals surface area (Å²) in [7, 11) is 0. The van der Waals surface area contributed by atoms with E-state index in [2.05, 4.69) is 22.3 Å². The minimum atomic E-state index is -0.523. The third kappa shape index (κ3) is 4.12. The number of anilines is 1. The molecule has 0 saturated carbocycles. The molecule has 0 aliphatic rings. The van der Waals surface area contributed by atoms with Gasteiger partial charge in [0.15, 0.2) is 0 Å². The SMILES string of the molecule is C=CCNC(=O)c1ccccc1NC(=O)Cn1nc(C)c([N+](=O)[O-])c1C. The zero-order chi connectivity index (χ0) is 19.3. The topological polar surface area (TPSA) is 119 Å². The van der Waals surface area contributed by atoms with E-state index in [0.29, 0.717) is 23.5 Å². The van der Waals surface area contributed by atoms with Crippen molar-refractivity contribution >= 4 is 23.2 Å². The summed E-state index contributed by atoms with van der Waals surface area (Å²) in [5, 5.41) is 20.4. The molecule has 26 heavy (non-hydrogen) atoms. The Kier molecular flexibility index (Phi) is 5.84. The van der Waals surface area contributed by atoms with Gasteiger partial charge >= 0.3 is 5.69 Å². The molecule has 0 bridgehead atoms. The van der Waals surface area contributed by atoms with Crippen LogP contribution < -0.4 is 10.6 Å². The van der Waals surface area contributed by atoms with Gasteiger partial charge in [0.1, 0.15) is 17.9 Å². The highest BCUT2D eigenvalue weighted by atomic mass is 16.6. The second-order valence-corrected chi connectivity index (χ2v) is 5.53. The number of aryl methyl sites for hydroxylation is 1. The van der Waals surface area contributed by atoms with Crippen molar-refractivity contribution in [2.45, 2.75) is 20.4 Å². The zero-order valence-electron chi connectivity index (χ0n) is 14.5. The van der Waals surface area contributed by atoms with Crippen LogP contribution in [-0.2, 0) is 11.3 Å². The van der Waals surface area contributed by atoms with Crippen molar-refractivity contribution in [2.24, 2.45) is 0 Å². The highest BCUT2D eigenvalue weighted by Crippen LogP contribution is 2.22. The molecular formula is C17H19N5O4. The van der Waals surface area contributed by atoms with E-state index in [1.807, 2.05) is 0 Å². The van der Waals surface area contributed by atoms with Crippen LogP contribution in [0.4, 0.5) is 11.4 Å². The lowest BCUT2D eigenvalue weighted by atomic mass is 10.1. The van der Waals surface area contributed by atoms with Crippen LogP contribution in [0.15, 0.2) is 36.9 Å². The lowest BCUT2D eigenvalue weighted by Gasteiger charge is -2.11. The largest absolute Gasteiger partial charge is 0.349 e. The Hall–Kier alpha value is -3.49. The molecule has 0 radical (unpaired) electrons. The van der Waals surface area contributed by atoms with E-state index in [1.165, 1.54) is 18.5 Å². The molecule has 136 valence electrons. The van der Waals surface area contributed by atoms with Crippen LogP contribution in [0.3, 0.4) is 0 Å². The smallest absolute Gasteiger partial charge is 0.312 e. The fourth-order valence-corrected chi connectivity index (χ4v) is 2.48. The van der Waals surface area contributed by atoms with E-state index in [4.69, 9.17) is 0 Å². The minimum Gasteiger partial charge on any atom is -0.349 e. The normalized spacial score (nSPS) is 10.2. The fraction of sp³-hybridized carbons (Fsp3) is 0.235. The van der Waals surface area contributed by atoms with E-state index in [0.717, 1.165) is 0 Å². The Labute approximate surface area is 149 Å². The number of hydrogen-bond donors (Lipinski definition) is 2. The summed E-state index contributed by atoms with van der Waals surface area (Å²) in [5.41, 5.74) is 1.07. The molecule has 2 aromatic rings. The van der Waals surface area contributed by atoms with Crippen molar-refractivity contribution in [2.75, 3.05) is 11.9 Å². The highest BCUT2D eigenvalue weighted by Gasteiger charge is 2.23. The quantitative estimate of drug-likeness (QED) is 0.446. The van der Waals surface area contributed by atoms with E-state index in [9.17, 15) is 19.7 Å². The van der Waals surface area contributed by atoms with Gasteiger partial charge in [0, 0.05) is 6.54 Å². The molecule has 2 rings (SSSR count). The van der Waals surface area contributed by atoms with Gasteiger partial charge < -0.3 is 10.6 Å². The Bertz CT molecular complexity index is 872. The molecule has 1 heterocycles. The molecule has 1 aromatic carbocycles. The van der Waals surface area contributed by atoms with Crippen molar-refractivity contribution in [3.8, 4) is 0 Å². The van der Waals surface area contributed by atoms with Crippen LogP contribution in [0.5, 0.6) is 0 Å². The first-order valence-electron chi connectivity index (χ1n) is 7.81. The number of carbonyl (C=O) groups is 2. The molecule has 0 fully saturated rings. The van der Waals surface area contributed by atoms with E-state index >= 15 is 0 Å². The number of hydrogen-bond acceptors (Lipinski definition) is 5. The number of nitrogens with zero attached hydrogens (tertiary/aromatic N) is 3. The van der Waals surface area contributed by atoms with E-state index < -0.39 is 10.8 Å². The summed E-state index contributed by atoms with van der Waals surface area (Å²) >= 11 is 0. The fourth-order valence-electron chi connectivity index (χ4n) is 2.48. The van der Waals surface area contributed by atoms with Crippen molar-refractivity contribution < 1.29 is 14.5 Å². The lowest BCUT2D eigenvalue weighted by molar-refractivity contribution is -0.386. The molecule has 9 nitrogen and oxygen atoms in total. The van der Waals surface area contributed by atoms with Gasteiger partial charge in [-0.2, -0.15) is 5.10 Å². The standard InChI is InChI=1S/C17H19N5O4/c1-4-9-18-17(24)13-7-5-6-8-14(13)19-15(23)10-21-12(3)16(22(25)26)11(2)20-21/h4-8H,1,9-10H2,2-3H3,(H,18,24)(H,19,23). The maximum Gasteiger partial charge on any atom is 0.312 e. The number of aromatic nitrogens is 2. The van der Waals surface area contributed by atoms with Gasteiger partial charge in [-0.3, -0.25) is 24.4 Å². The van der Waals surface area contributed by atoms with E-state index in [-0.39, 0.29) is 23.8 Å². The maximum atomic E-state index is 12.3. The molecule has 0 saturated heterocycles. The first kappa shape index (κ1) is 18.8. The third-order valence-electron chi connectivity index (χ3n) is 3.67. The monoisotopic (exact) mass is 357 g/mol. The van der Waals surface area contributed by atoms with Crippen LogP contribution in [0.25, 0.3) is 0 Å². The average Bonchev–Trinajstić information content (AvgIpc) is 2.86. The summed E-state index contributed by atoms with van der Waals surface area (Å²) in [6, 6.07) is 6.56. The van der Waals surface area contributed by atoms with Gasteiger partial charge in [0.25, 0.3) is 5.91 Å². The molecule has 0 aliphatic heterocycles. The second-order valence-electron chi connectivity index (χ2n) is 5.53. The third-order valence-corrected chi connectivity index (χ3v) is 3.67. The lowest BCUT2D eigenvalue weighted by Crippen LogP contribution is -2.26. The maximum absolute atomic E-state index is 12.3. The summed E-state index contributed by atoms with van der Waals surface area (Å²) in [6.07, 6.45) is 1.55. The first-order valence-corrected chi connectivity index (χ1v) is 7.81. The molecule has 0 aliphatic carbocycles. The van der Waals surface area contributed by atoms with Crippen LogP contribution in [0.1, 0.15) is 21.7 Å². The number of carbonyl (C=O) groups excluding carboxylic acids is 2. The number of benzene rings is 1. The molecule has 2 amide bonds. The summed E-state index contributed by atoms with van der Waals surface area (Å²) in [5.74, 6) is -0.794. The van der Waals surface area contributed by atoms with Crippen LogP contribution >= 0.6 is 0 Å². The minimum absolute atomic E-state index is 0.109. The van der Waals surface area contributed by atoms with Gasteiger partial charge in [-0.1, -0.05) is 18.2 Å². The van der Waals surface area contributed by atoms with Gasteiger partial charge in [-0.25, -0.2) is 0 Å². The molecule has 0 spiro atoms. The van der Waals surface area contributed by atoms with E-state index in [1.54, 1.807) is 30.3 Å². The van der Waals surface area contributed by atoms with Crippen molar-refractivity contribution in [3.63, 3.8) is 0 Å². The van der Waals surface area contributed by atoms with Gasteiger partial charge in [-0.15, -0.1) is 6.58 Å². The average molecular weight is 357 g/mol. The molecule has 0 unspecified atom stereocenters. The Morgan fingerprint density at radius 2 is 2.04 bits per heavy atom. The highest BCUT2D eigenvalue weighted by molar-refractivity contribution is 6.03. The molecule has 1 aromatic heterocycles. The Balaban J connectivity index is 2.17. The van der Waals surface area contributed by atoms with Gasteiger partial charge in [0.05, 0.1) is 16.2 Å². The molecular weight excluding hydrogens is 338 g/mol. The van der Waals surface area contributed by atoms with Crippen LogP contribution in [0.2, 0.25) is 0 Å². The predicted molar refractivity (Wildman–Crippen MR) is 96.0 cm³/mol. The van der Waals surface area contributed by atoms with Crippen LogP contribution in [-0.4, -0.2) is 33.1 Å². The first-order chi connectivity index (χ1) is 12.3. The van der Waals surface area contributed by atoms with Crippen molar-refractivity contribution in [3.05, 3.63) is 64.0 Å². The van der Waals surface area contributed by atoms with Crippen LogP contribution in [0, 0.1) is 24.0 Å². The van der Waals surface area contributed by atoms with Gasteiger partial charge in [-0.05, 0) is 26.0 Å². The predicted octanol–water partition coefficient (Wildman–Crippen LogP) is 1.96. The molecule has 9 heteroatoms. The second kappa shape index (κ2) is 8.06. The summed E-state index contributed by atoms with van der Waals surface area (Å²) < 4.78 is 1.27. The Morgan fingerprint density at radius 1 is 1.35 bits per heavy atom. The molecule has 0 atom stereocenters. The number of para-hydroxylation sites is 1. The number of nitrogens with one attached hydrogen (secondary N) is 2. The number of amides is 2. The summed E-state index contributed by atoms with van der Waals surface area (Å²) in [6.45, 7) is 6.67. The molecule has 2 N–H and O–H groups in total. The number of nitro groups is 1.